The number of aromatic nitrogens is 3. The monoisotopic (exact) mass is 342 g/mol. The smallest absolute Gasteiger partial charge is 0.209 e. The molecule has 1 unspecified atom stereocenters. The normalized spacial score (nSPS) is 17.6. The molecule has 4 rings (SSSR count). The molecule has 1 aliphatic heterocycles. The van der Waals surface area contributed by atoms with Crippen LogP contribution in [-0.4, -0.2) is 21.7 Å². The van der Waals surface area contributed by atoms with Crippen LogP contribution in [0.5, 0.6) is 0 Å². The van der Waals surface area contributed by atoms with E-state index in [0.717, 1.165) is 40.2 Å². The van der Waals surface area contributed by atoms with Gasteiger partial charge >= 0.3 is 0 Å². The number of hydrogen-bond acceptors (Lipinski definition) is 5. The number of anilines is 1. The van der Waals surface area contributed by atoms with Crippen LogP contribution in [0.4, 0.5) is 5.13 Å². The van der Waals surface area contributed by atoms with E-state index in [0.29, 0.717) is 6.04 Å². The molecule has 2 aromatic heterocycles. The molecular formula is C17H15ClN4S. The van der Waals surface area contributed by atoms with Gasteiger partial charge in [0, 0.05) is 17.8 Å². The molecule has 0 radical (unpaired) electrons. The second-order valence-corrected chi connectivity index (χ2v) is 6.90. The zero-order valence-electron chi connectivity index (χ0n) is 12.4. The molecule has 23 heavy (non-hydrogen) atoms. The van der Waals surface area contributed by atoms with E-state index in [-0.39, 0.29) is 0 Å². The largest absolute Gasteiger partial charge is 0.340 e. The molecule has 0 spiro atoms. The van der Waals surface area contributed by atoms with Gasteiger partial charge < -0.3 is 4.90 Å². The van der Waals surface area contributed by atoms with E-state index in [4.69, 9.17) is 11.6 Å². The van der Waals surface area contributed by atoms with Crippen molar-refractivity contribution in [3.05, 3.63) is 59.2 Å². The molecule has 116 valence electrons. The quantitative estimate of drug-likeness (QED) is 0.697. The lowest BCUT2D eigenvalue weighted by molar-refractivity contribution is 0.714. The molecule has 0 aliphatic carbocycles. The molecule has 1 aliphatic rings. The fourth-order valence-corrected chi connectivity index (χ4v) is 3.97. The summed E-state index contributed by atoms with van der Waals surface area (Å²) in [5, 5.41) is 11.3. The minimum atomic E-state index is 0.344. The SMILES string of the molecule is Clc1ccc(C2CCCN2c2nnc(-c3ccccn3)s2)cc1. The van der Waals surface area contributed by atoms with E-state index in [2.05, 4.69) is 32.2 Å². The second-order valence-electron chi connectivity index (χ2n) is 5.51. The Bertz CT molecular complexity index is 788. The van der Waals surface area contributed by atoms with E-state index >= 15 is 0 Å². The minimum Gasteiger partial charge on any atom is -0.340 e. The Morgan fingerprint density at radius 3 is 2.74 bits per heavy atom. The number of halogens is 1. The summed E-state index contributed by atoms with van der Waals surface area (Å²) >= 11 is 7.60. The van der Waals surface area contributed by atoms with Gasteiger partial charge in [0.25, 0.3) is 0 Å². The molecule has 6 heteroatoms. The van der Waals surface area contributed by atoms with Crippen molar-refractivity contribution in [3.8, 4) is 10.7 Å². The van der Waals surface area contributed by atoms with Gasteiger partial charge in [-0.2, -0.15) is 0 Å². The maximum absolute atomic E-state index is 6.00. The zero-order valence-corrected chi connectivity index (χ0v) is 14.0. The van der Waals surface area contributed by atoms with Crippen LogP contribution in [0.3, 0.4) is 0 Å². The average molecular weight is 343 g/mol. The Morgan fingerprint density at radius 2 is 1.96 bits per heavy atom. The first-order valence-corrected chi connectivity index (χ1v) is 8.78. The number of rotatable bonds is 3. The summed E-state index contributed by atoms with van der Waals surface area (Å²) in [6.07, 6.45) is 4.06. The van der Waals surface area contributed by atoms with Gasteiger partial charge in [-0.3, -0.25) is 4.98 Å². The summed E-state index contributed by atoms with van der Waals surface area (Å²) in [6, 6.07) is 14.3. The first-order valence-electron chi connectivity index (χ1n) is 7.58. The predicted molar refractivity (Wildman–Crippen MR) is 93.9 cm³/mol. The van der Waals surface area contributed by atoms with Gasteiger partial charge in [-0.05, 0) is 42.7 Å². The van der Waals surface area contributed by atoms with Crippen molar-refractivity contribution in [2.45, 2.75) is 18.9 Å². The summed E-state index contributed by atoms with van der Waals surface area (Å²) in [5.74, 6) is 0. The molecule has 0 N–H and O–H groups in total. The summed E-state index contributed by atoms with van der Waals surface area (Å²) in [7, 11) is 0. The van der Waals surface area contributed by atoms with E-state index in [1.807, 2.05) is 30.3 Å². The molecule has 0 saturated carbocycles. The molecule has 1 atom stereocenters. The molecule has 4 nitrogen and oxygen atoms in total. The maximum atomic E-state index is 6.00. The Kier molecular flexibility index (Phi) is 3.97. The third kappa shape index (κ3) is 2.94. The van der Waals surface area contributed by atoms with Crippen molar-refractivity contribution in [2.75, 3.05) is 11.4 Å². The lowest BCUT2D eigenvalue weighted by Gasteiger charge is -2.23. The van der Waals surface area contributed by atoms with Crippen LogP contribution in [0.15, 0.2) is 48.7 Å². The van der Waals surface area contributed by atoms with Crippen LogP contribution >= 0.6 is 22.9 Å². The highest BCUT2D eigenvalue weighted by Crippen LogP contribution is 2.39. The summed E-state index contributed by atoms with van der Waals surface area (Å²) in [6.45, 7) is 1.00. The molecule has 0 bridgehead atoms. The van der Waals surface area contributed by atoms with Crippen molar-refractivity contribution < 1.29 is 0 Å². The minimum absolute atomic E-state index is 0.344. The molecule has 1 saturated heterocycles. The number of nitrogens with zero attached hydrogens (tertiary/aromatic N) is 4. The number of benzene rings is 1. The van der Waals surface area contributed by atoms with Crippen molar-refractivity contribution in [2.24, 2.45) is 0 Å². The highest BCUT2D eigenvalue weighted by molar-refractivity contribution is 7.18. The topological polar surface area (TPSA) is 41.9 Å². The first kappa shape index (κ1) is 14.6. The van der Waals surface area contributed by atoms with Gasteiger partial charge in [0.2, 0.25) is 5.13 Å². The van der Waals surface area contributed by atoms with Crippen LogP contribution in [-0.2, 0) is 0 Å². The maximum Gasteiger partial charge on any atom is 0.209 e. The van der Waals surface area contributed by atoms with Crippen molar-refractivity contribution >= 4 is 28.1 Å². The summed E-state index contributed by atoms with van der Waals surface area (Å²) in [5.41, 5.74) is 2.15. The third-order valence-electron chi connectivity index (χ3n) is 4.05. The van der Waals surface area contributed by atoms with Crippen molar-refractivity contribution in [1.82, 2.24) is 15.2 Å². The molecular weight excluding hydrogens is 328 g/mol. The second kappa shape index (κ2) is 6.26. The van der Waals surface area contributed by atoms with E-state index in [9.17, 15) is 0 Å². The first-order chi connectivity index (χ1) is 11.3. The molecule has 1 aromatic carbocycles. The Balaban J connectivity index is 1.62. The van der Waals surface area contributed by atoms with Gasteiger partial charge in [-0.1, -0.05) is 41.1 Å². The van der Waals surface area contributed by atoms with Crippen LogP contribution in [0.2, 0.25) is 5.02 Å². The van der Waals surface area contributed by atoms with Crippen LogP contribution in [0.1, 0.15) is 24.4 Å². The van der Waals surface area contributed by atoms with E-state index in [1.54, 1.807) is 17.5 Å². The zero-order chi connectivity index (χ0) is 15.6. The Morgan fingerprint density at radius 1 is 1.09 bits per heavy atom. The standard InChI is InChI=1S/C17H15ClN4S/c18-13-8-6-12(7-9-13)15-5-3-11-22(15)17-21-20-16(23-17)14-4-1-2-10-19-14/h1-2,4,6-10,15H,3,5,11H2. The highest BCUT2D eigenvalue weighted by Gasteiger charge is 2.28. The Labute approximate surface area is 143 Å². The molecule has 1 fully saturated rings. The molecule has 3 heterocycles. The van der Waals surface area contributed by atoms with Crippen LogP contribution < -0.4 is 4.90 Å². The van der Waals surface area contributed by atoms with E-state index < -0.39 is 0 Å². The van der Waals surface area contributed by atoms with E-state index in [1.165, 1.54) is 5.56 Å². The number of pyridine rings is 1. The predicted octanol–water partition coefficient (Wildman–Crippen LogP) is 4.60. The van der Waals surface area contributed by atoms with Crippen molar-refractivity contribution in [3.63, 3.8) is 0 Å². The highest BCUT2D eigenvalue weighted by atomic mass is 35.5. The van der Waals surface area contributed by atoms with Gasteiger partial charge in [0.05, 0.1) is 6.04 Å². The lowest BCUT2D eigenvalue weighted by atomic mass is 10.1. The van der Waals surface area contributed by atoms with Crippen LogP contribution in [0.25, 0.3) is 10.7 Å². The lowest BCUT2D eigenvalue weighted by Crippen LogP contribution is -2.22. The average Bonchev–Trinajstić information content (AvgIpc) is 3.25. The molecule has 3 aromatic rings. The van der Waals surface area contributed by atoms with Gasteiger partial charge in [-0.25, -0.2) is 0 Å². The molecule has 0 amide bonds. The summed E-state index contributed by atoms with van der Waals surface area (Å²) < 4.78 is 0. The summed E-state index contributed by atoms with van der Waals surface area (Å²) in [4.78, 5) is 6.69. The van der Waals surface area contributed by atoms with Gasteiger partial charge in [0.15, 0.2) is 5.01 Å². The van der Waals surface area contributed by atoms with Crippen molar-refractivity contribution in [1.29, 1.82) is 0 Å². The van der Waals surface area contributed by atoms with Crippen LogP contribution in [0, 0.1) is 0 Å². The van der Waals surface area contributed by atoms with Gasteiger partial charge in [-0.15, -0.1) is 10.2 Å². The fourth-order valence-electron chi connectivity index (χ4n) is 2.95. The third-order valence-corrected chi connectivity index (χ3v) is 5.29. The Hall–Kier alpha value is -1.98. The van der Waals surface area contributed by atoms with Gasteiger partial charge in [0.1, 0.15) is 5.69 Å². The fraction of sp³-hybridized carbons (Fsp3) is 0.235. The number of hydrogen-bond donors (Lipinski definition) is 0.